The van der Waals surface area contributed by atoms with Crippen LogP contribution in [0.2, 0.25) is 0 Å². The number of nitrogens with one attached hydrogen (secondary N) is 2. The smallest absolute Gasteiger partial charge is 0.265 e. The van der Waals surface area contributed by atoms with Gasteiger partial charge in [-0.05, 0) is 20.0 Å². The van der Waals surface area contributed by atoms with Gasteiger partial charge in [-0.15, -0.1) is 0 Å². The van der Waals surface area contributed by atoms with Crippen LogP contribution in [0.15, 0.2) is 36.0 Å². The summed E-state index contributed by atoms with van der Waals surface area (Å²) < 4.78 is 28.2. The van der Waals surface area contributed by atoms with E-state index in [0.717, 1.165) is 13.0 Å². The third kappa shape index (κ3) is 3.75. The summed E-state index contributed by atoms with van der Waals surface area (Å²) in [6, 6.07) is 0. The molecule has 0 unspecified atom stereocenters. The van der Waals surface area contributed by atoms with Gasteiger partial charge in [0.1, 0.15) is 11.2 Å². The minimum atomic E-state index is -3.65. The fourth-order valence-electron chi connectivity index (χ4n) is 1.59. The maximum absolute atomic E-state index is 12.1. The molecule has 0 fully saturated rings. The molecular weight excluding hydrogens is 280 g/mol. The Kier molecular flexibility index (Phi) is 4.64. The highest BCUT2D eigenvalue weighted by atomic mass is 32.2. The van der Waals surface area contributed by atoms with Crippen molar-refractivity contribution in [2.45, 2.75) is 17.9 Å². The molecule has 8 nitrogen and oxygen atoms in total. The van der Waals surface area contributed by atoms with Crippen molar-refractivity contribution in [1.29, 1.82) is 0 Å². The van der Waals surface area contributed by atoms with Gasteiger partial charge in [-0.2, -0.15) is 5.10 Å². The Morgan fingerprint density at radius 1 is 1.25 bits per heavy atom. The van der Waals surface area contributed by atoms with E-state index < -0.39 is 10.0 Å². The van der Waals surface area contributed by atoms with E-state index in [4.69, 9.17) is 0 Å². The van der Waals surface area contributed by atoms with Crippen LogP contribution in [-0.4, -0.2) is 41.8 Å². The molecule has 2 heterocycles. The molecule has 0 aliphatic heterocycles. The van der Waals surface area contributed by atoms with Gasteiger partial charge in [-0.25, -0.2) is 18.4 Å². The van der Waals surface area contributed by atoms with Gasteiger partial charge in [0, 0.05) is 12.7 Å². The lowest BCUT2D eigenvalue weighted by molar-refractivity contribution is 0.561. The predicted octanol–water partition coefficient (Wildman–Crippen LogP) is 0.0834. The second kappa shape index (κ2) is 6.44. The molecule has 0 radical (unpaired) electrons. The summed E-state index contributed by atoms with van der Waals surface area (Å²) in [5.74, 6) is 0. The lowest BCUT2D eigenvalue weighted by Crippen LogP contribution is -2.13. The van der Waals surface area contributed by atoms with Crippen molar-refractivity contribution in [3.05, 3.63) is 31.1 Å². The van der Waals surface area contributed by atoms with Gasteiger partial charge in [-0.3, -0.25) is 9.40 Å². The van der Waals surface area contributed by atoms with E-state index in [9.17, 15) is 8.42 Å². The highest BCUT2D eigenvalue weighted by Crippen LogP contribution is 2.13. The summed E-state index contributed by atoms with van der Waals surface area (Å²) in [6.45, 7) is 1.51. The molecule has 0 aromatic carbocycles. The molecule has 0 atom stereocenters. The monoisotopic (exact) mass is 296 g/mol. The van der Waals surface area contributed by atoms with Crippen LogP contribution in [-0.2, 0) is 16.6 Å². The largest absolute Gasteiger partial charge is 0.320 e. The number of hydrogen-bond donors (Lipinski definition) is 2. The number of aromatic nitrogens is 4. The van der Waals surface area contributed by atoms with Gasteiger partial charge >= 0.3 is 0 Å². The number of rotatable bonds is 7. The van der Waals surface area contributed by atoms with Crippen molar-refractivity contribution in [1.82, 2.24) is 25.1 Å². The van der Waals surface area contributed by atoms with E-state index >= 15 is 0 Å². The molecular formula is C11H16N6O2S. The van der Waals surface area contributed by atoms with Crippen LogP contribution in [0, 0.1) is 0 Å². The Balaban J connectivity index is 2.06. The summed E-state index contributed by atoms with van der Waals surface area (Å²) in [6.07, 6.45) is 7.81. The maximum Gasteiger partial charge on any atom is 0.265 e. The van der Waals surface area contributed by atoms with Crippen molar-refractivity contribution in [2.75, 3.05) is 18.3 Å². The van der Waals surface area contributed by atoms with Crippen LogP contribution in [0.25, 0.3) is 0 Å². The molecule has 2 aromatic rings. The molecule has 0 saturated carbocycles. The van der Waals surface area contributed by atoms with E-state index in [0.29, 0.717) is 12.2 Å². The molecule has 0 aliphatic rings. The van der Waals surface area contributed by atoms with E-state index in [-0.39, 0.29) is 4.90 Å². The molecule has 0 spiro atoms. The quantitative estimate of drug-likeness (QED) is 0.702. The summed E-state index contributed by atoms with van der Waals surface area (Å²) in [5, 5.41) is 7.06. The third-order valence-electron chi connectivity index (χ3n) is 2.55. The Morgan fingerprint density at radius 3 is 2.70 bits per heavy atom. The zero-order chi connectivity index (χ0) is 14.4. The van der Waals surface area contributed by atoms with Gasteiger partial charge < -0.3 is 5.32 Å². The fraction of sp³-hybridized carbons (Fsp3) is 0.364. The van der Waals surface area contributed by atoms with E-state index in [1.807, 2.05) is 7.05 Å². The first-order chi connectivity index (χ1) is 9.62. The minimum Gasteiger partial charge on any atom is -0.320 e. The average Bonchev–Trinajstić information content (AvgIpc) is 2.89. The predicted molar refractivity (Wildman–Crippen MR) is 73.6 cm³/mol. The number of anilines is 1. The minimum absolute atomic E-state index is 0.116. The van der Waals surface area contributed by atoms with Crippen molar-refractivity contribution in [3.8, 4) is 0 Å². The van der Waals surface area contributed by atoms with E-state index in [1.54, 1.807) is 4.68 Å². The van der Waals surface area contributed by atoms with Crippen molar-refractivity contribution < 1.29 is 8.42 Å². The molecule has 2 N–H and O–H groups in total. The van der Waals surface area contributed by atoms with Gasteiger partial charge in [0.05, 0.1) is 24.3 Å². The Hall–Kier alpha value is -2.00. The topological polar surface area (TPSA) is 102 Å². The molecule has 0 amide bonds. The summed E-state index contributed by atoms with van der Waals surface area (Å²) >= 11 is 0. The third-order valence-corrected chi connectivity index (χ3v) is 3.88. The Bertz CT molecular complexity index is 640. The van der Waals surface area contributed by atoms with Crippen LogP contribution in [0.3, 0.4) is 0 Å². The second-order valence-corrected chi connectivity index (χ2v) is 5.81. The van der Waals surface area contributed by atoms with Crippen molar-refractivity contribution in [2.24, 2.45) is 0 Å². The molecule has 0 bridgehead atoms. The van der Waals surface area contributed by atoms with Gasteiger partial charge in [0.2, 0.25) is 0 Å². The van der Waals surface area contributed by atoms with Gasteiger partial charge in [-0.1, -0.05) is 0 Å². The van der Waals surface area contributed by atoms with Crippen LogP contribution in [0.5, 0.6) is 0 Å². The lowest BCUT2D eigenvalue weighted by atomic mass is 10.4. The standard InChI is InChI=1S/C11H16N6O2S/c1-12-3-2-4-17-8-11(7-15-17)20(18,19)16-10-5-13-9-14-6-10/h5-9,12,16H,2-4H2,1H3. The lowest BCUT2D eigenvalue weighted by Gasteiger charge is -2.04. The van der Waals surface area contributed by atoms with Crippen LogP contribution < -0.4 is 10.0 Å². The number of sulfonamides is 1. The van der Waals surface area contributed by atoms with Crippen LogP contribution in [0.4, 0.5) is 5.69 Å². The second-order valence-electron chi connectivity index (χ2n) is 4.13. The summed E-state index contributed by atoms with van der Waals surface area (Å²) in [4.78, 5) is 7.62. The highest BCUT2D eigenvalue weighted by Gasteiger charge is 2.16. The van der Waals surface area contributed by atoms with Gasteiger partial charge in [0.25, 0.3) is 10.0 Å². The number of aryl methyl sites for hydroxylation is 1. The number of nitrogens with zero attached hydrogens (tertiary/aromatic N) is 4. The Morgan fingerprint density at radius 2 is 2.00 bits per heavy atom. The number of hydrogen-bond acceptors (Lipinski definition) is 6. The van der Waals surface area contributed by atoms with E-state index in [2.05, 4.69) is 25.1 Å². The summed E-state index contributed by atoms with van der Waals surface area (Å²) in [5.41, 5.74) is 0.315. The normalized spacial score (nSPS) is 11.4. The SMILES string of the molecule is CNCCCn1cc(S(=O)(=O)Nc2cncnc2)cn1. The molecule has 9 heteroatoms. The zero-order valence-electron chi connectivity index (χ0n) is 11.0. The van der Waals surface area contributed by atoms with Gasteiger partial charge in [0.15, 0.2) is 0 Å². The first kappa shape index (κ1) is 14.4. The van der Waals surface area contributed by atoms with Crippen molar-refractivity contribution in [3.63, 3.8) is 0 Å². The van der Waals surface area contributed by atoms with E-state index in [1.165, 1.54) is 31.1 Å². The first-order valence-electron chi connectivity index (χ1n) is 6.07. The average molecular weight is 296 g/mol. The Labute approximate surface area is 117 Å². The summed E-state index contributed by atoms with van der Waals surface area (Å²) in [7, 11) is -1.79. The molecule has 108 valence electrons. The van der Waals surface area contributed by atoms with Crippen LogP contribution in [0.1, 0.15) is 6.42 Å². The molecule has 0 saturated heterocycles. The highest BCUT2D eigenvalue weighted by molar-refractivity contribution is 7.92. The van der Waals surface area contributed by atoms with Crippen LogP contribution >= 0.6 is 0 Å². The maximum atomic E-state index is 12.1. The molecule has 20 heavy (non-hydrogen) atoms. The molecule has 0 aliphatic carbocycles. The molecule has 2 aromatic heterocycles. The van der Waals surface area contributed by atoms with Crippen molar-refractivity contribution >= 4 is 15.7 Å². The molecule has 2 rings (SSSR count). The zero-order valence-corrected chi connectivity index (χ0v) is 11.8. The fourth-order valence-corrected chi connectivity index (χ4v) is 2.57. The first-order valence-corrected chi connectivity index (χ1v) is 7.55.